The largest absolute Gasteiger partial charge is 0.0843 e. The van der Waals surface area contributed by atoms with Crippen molar-refractivity contribution in [1.29, 1.82) is 0 Å². The molecule has 2 aromatic rings. The molecule has 0 saturated heterocycles. The fraction of sp³-hybridized carbons (Fsp3) is 0.143. The monoisotopic (exact) mass is 294 g/mol. The molecule has 0 spiro atoms. The van der Waals surface area contributed by atoms with E-state index in [1.54, 1.807) is 0 Å². The lowest BCUT2D eigenvalue weighted by atomic mass is 10.0. The van der Waals surface area contributed by atoms with Gasteiger partial charge in [0.15, 0.2) is 0 Å². The average Bonchev–Trinajstić information content (AvgIpc) is 2.30. The normalized spacial score (nSPS) is 12.4. The molecule has 1 atom stereocenters. The fourth-order valence-corrected chi connectivity index (χ4v) is 2.50. The molecule has 0 bridgehead atoms. The summed E-state index contributed by atoms with van der Waals surface area (Å²) in [7, 11) is 0. The van der Waals surface area contributed by atoms with Crippen LogP contribution in [0, 0.1) is 0 Å². The molecule has 0 N–H and O–H groups in total. The van der Waals surface area contributed by atoms with Gasteiger partial charge >= 0.3 is 0 Å². The number of halogens is 2. The van der Waals surface area contributed by atoms with Crippen molar-refractivity contribution >= 4 is 27.5 Å². The average molecular weight is 296 g/mol. The van der Waals surface area contributed by atoms with Crippen LogP contribution in [0.2, 0.25) is 5.02 Å². The Labute approximate surface area is 109 Å². The van der Waals surface area contributed by atoms with Crippen LogP contribution >= 0.6 is 27.5 Å². The second-order valence-corrected chi connectivity index (χ2v) is 5.25. The van der Waals surface area contributed by atoms with Crippen molar-refractivity contribution in [3.8, 4) is 0 Å². The highest BCUT2D eigenvalue weighted by atomic mass is 79.9. The first kappa shape index (κ1) is 11.7. The van der Waals surface area contributed by atoms with Gasteiger partial charge in [-0.15, -0.1) is 0 Å². The molecule has 2 heteroatoms. The second kappa shape index (κ2) is 5.51. The molecule has 0 heterocycles. The third-order valence-electron chi connectivity index (χ3n) is 2.47. The van der Waals surface area contributed by atoms with Crippen molar-refractivity contribution < 1.29 is 0 Å². The summed E-state index contributed by atoms with van der Waals surface area (Å²) in [6.07, 6.45) is 0.973. The van der Waals surface area contributed by atoms with Crippen LogP contribution in [0.5, 0.6) is 0 Å². The Morgan fingerprint density at radius 2 is 1.75 bits per heavy atom. The van der Waals surface area contributed by atoms with Gasteiger partial charge in [0.25, 0.3) is 0 Å². The molecule has 0 amide bonds. The molecule has 0 aliphatic heterocycles. The first-order chi connectivity index (χ1) is 7.75. The topological polar surface area (TPSA) is 0 Å². The number of rotatable bonds is 3. The van der Waals surface area contributed by atoms with Crippen LogP contribution in [-0.2, 0) is 6.42 Å². The van der Waals surface area contributed by atoms with Gasteiger partial charge < -0.3 is 0 Å². The molecule has 0 nitrogen and oxygen atoms in total. The molecule has 0 radical (unpaired) electrons. The van der Waals surface area contributed by atoms with Crippen molar-refractivity contribution in [3.05, 3.63) is 70.7 Å². The van der Waals surface area contributed by atoms with E-state index in [-0.39, 0.29) is 0 Å². The quantitative estimate of drug-likeness (QED) is 0.698. The van der Waals surface area contributed by atoms with E-state index in [2.05, 4.69) is 46.3 Å². The predicted molar refractivity (Wildman–Crippen MR) is 73.3 cm³/mol. The zero-order valence-corrected chi connectivity index (χ0v) is 11.1. The maximum absolute atomic E-state index is 5.97. The number of hydrogen-bond acceptors (Lipinski definition) is 0. The van der Waals surface area contributed by atoms with Gasteiger partial charge in [0.05, 0.1) is 0 Å². The van der Waals surface area contributed by atoms with Gasteiger partial charge in [-0.3, -0.25) is 0 Å². The number of hydrogen-bond donors (Lipinski definition) is 0. The van der Waals surface area contributed by atoms with Gasteiger partial charge in [-0.25, -0.2) is 0 Å². The van der Waals surface area contributed by atoms with Crippen LogP contribution < -0.4 is 0 Å². The minimum atomic E-state index is 0.314. The molecule has 0 aromatic heterocycles. The summed E-state index contributed by atoms with van der Waals surface area (Å²) < 4.78 is 0. The van der Waals surface area contributed by atoms with Gasteiger partial charge in [0.1, 0.15) is 0 Å². The third kappa shape index (κ3) is 3.10. The van der Waals surface area contributed by atoms with E-state index < -0.39 is 0 Å². The van der Waals surface area contributed by atoms with Crippen LogP contribution in [0.4, 0.5) is 0 Å². The lowest BCUT2D eigenvalue weighted by molar-refractivity contribution is 0.949. The summed E-state index contributed by atoms with van der Waals surface area (Å²) in [6, 6.07) is 18.4. The van der Waals surface area contributed by atoms with Crippen LogP contribution in [0.1, 0.15) is 16.0 Å². The van der Waals surface area contributed by atoms with Crippen LogP contribution in [-0.4, -0.2) is 0 Å². The predicted octanol–water partition coefficient (Wildman–Crippen LogP) is 5.02. The van der Waals surface area contributed by atoms with Crippen molar-refractivity contribution in [2.24, 2.45) is 0 Å². The first-order valence-corrected chi connectivity index (χ1v) is 6.48. The Morgan fingerprint density at radius 3 is 2.44 bits per heavy atom. The highest BCUT2D eigenvalue weighted by Gasteiger charge is 2.08. The standard InChI is InChI=1S/C14H12BrCl/c15-14(9-11-5-2-1-3-6-11)12-7-4-8-13(16)10-12/h1-8,10,14H,9H2. The number of alkyl halides is 1. The van der Waals surface area contributed by atoms with E-state index in [0.717, 1.165) is 11.4 Å². The van der Waals surface area contributed by atoms with Gasteiger partial charge in [-0.2, -0.15) is 0 Å². The molecule has 0 aliphatic rings. The molecular weight excluding hydrogens is 284 g/mol. The van der Waals surface area contributed by atoms with Crippen molar-refractivity contribution in [1.82, 2.24) is 0 Å². The Bertz CT molecular complexity index is 453. The zero-order valence-electron chi connectivity index (χ0n) is 8.74. The van der Waals surface area contributed by atoms with E-state index in [1.807, 2.05) is 24.3 Å². The summed E-state index contributed by atoms with van der Waals surface area (Å²) in [6.45, 7) is 0. The van der Waals surface area contributed by atoms with Gasteiger partial charge in [0, 0.05) is 9.85 Å². The highest BCUT2D eigenvalue weighted by molar-refractivity contribution is 9.09. The Balaban J connectivity index is 2.12. The Morgan fingerprint density at radius 1 is 1.00 bits per heavy atom. The third-order valence-corrected chi connectivity index (χ3v) is 3.56. The van der Waals surface area contributed by atoms with E-state index in [1.165, 1.54) is 11.1 Å². The van der Waals surface area contributed by atoms with E-state index >= 15 is 0 Å². The summed E-state index contributed by atoms with van der Waals surface area (Å²) in [5, 5.41) is 0.787. The summed E-state index contributed by atoms with van der Waals surface area (Å²) in [5.74, 6) is 0. The summed E-state index contributed by atoms with van der Waals surface area (Å²) in [4.78, 5) is 0.314. The maximum atomic E-state index is 5.97. The van der Waals surface area contributed by atoms with E-state index in [4.69, 9.17) is 11.6 Å². The molecule has 16 heavy (non-hydrogen) atoms. The van der Waals surface area contributed by atoms with Crippen LogP contribution in [0.15, 0.2) is 54.6 Å². The van der Waals surface area contributed by atoms with Crippen LogP contribution in [0.25, 0.3) is 0 Å². The molecular formula is C14H12BrCl. The molecule has 0 aliphatic carbocycles. The highest BCUT2D eigenvalue weighted by Crippen LogP contribution is 2.28. The van der Waals surface area contributed by atoms with E-state index in [0.29, 0.717) is 4.83 Å². The molecule has 1 unspecified atom stereocenters. The molecule has 2 rings (SSSR count). The molecule has 2 aromatic carbocycles. The van der Waals surface area contributed by atoms with Crippen molar-refractivity contribution in [3.63, 3.8) is 0 Å². The maximum Gasteiger partial charge on any atom is 0.0436 e. The molecule has 0 saturated carbocycles. The lowest BCUT2D eigenvalue weighted by Gasteiger charge is -2.10. The Hall–Kier alpha value is -0.790. The lowest BCUT2D eigenvalue weighted by Crippen LogP contribution is -1.94. The SMILES string of the molecule is Clc1cccc(C(Br)Cc2ccccc2)c1. The second-order valence-electron chi connectivity index (χ2n) is 3.71. The van der Waals surface area contributed by atoms with Crippen LogP contribution in [0.3, 0.4) is 0 Å². The number of benzene rings is 2. The smallest absolute Gasteiger partial charge is 0.0436 e. The Kier molecular flexibility index (Phi) is 4.03. The molecule has 82 valence electrons. The minimum Gasteiger partial charge on any atom is -0.0843 e. The van der Waals surface area contributed by atoms with Crippen molar-refractivity contribution in [2.45, 2.75) is 11.2 Å². The fourth-order valence-electron chi connectivity index (χ4n) is 1.64. The van der Waals surface area contributed by atoms with E-state index in [9.17, 15) is 0 Å². The van der Waals surface area contributed by atoms with Gasteiger partial charge in [-0.1, -0.05) is 70.0 Å². The minimum absolute atomic E-state index is 0.314. The zero-order chi connectivity index (χ0) is 11.4. The van der Waals surface area contributed by atoms with Gasteiger partial charge in [0.2, 0.25) is 0 Å². The molecule has 0 fully saturated rings. The van der Waals surface area contributed by atoms with Crippen molar-refractivity contribution in [2.75, 3.05) is 0 Å². The summed E-state index contributed by atoms with van der Waals surface area (Å²) in [5.41, 5.74) is 2.54. The first-order valence-electron chi connectivity index (χ1n) is 5.19. The van der Waals surface area contributed by atoms with Gasteiger partial charge in [-0.05, 0) is 29.7 Å². The summed E-state index contributed by atoms with van der Waals surface area (Å²) >= 11 is 9.67.